The number of aryl methyl sites for hydroxylation is 1. The van der Waals surface area contributed by atoms with Crippen LogP contribution < -0.4 is 9.32 Å². The Labute approximate surface area is 228 Å². The Morgan fingerprint density at radius 3 is 2.05 bits per heavy atom. The summed E-state index contributed by atoms with van der Waals surface area (Å²) in [5, 5.41) is 10.5. The molecular weight excluding hydrogens is 536 g/mol. The molecule has 2 fully saturated rings. The van der Waals surface area contributed by atoms with Crippen LogP contribution in [-0.2, 0) is 19.4 Å². The highest BCUT2D eigenvalue weighted by atomic mass is 31.2. The lowest BCUT2D eigenvalue weighted by molar-refractivity contribution is -0.210. The molecule has 1 aromatic rings. The minimum Gasteiger partial charge on any atom is -0.757 e. The lowest BCUT2D eigenvalue weighted by Gasteiger charge is -2.50. The summed E-state index contributed by atoms with van der Waals surface area (Å²) < 4.78 is 27.4. The fourth-order valence-electron chi connectivity index (χ4n) is 6.64. The van der Waals surface area contributed by atoms with Crippen molar-refractivity contribution in [1.29, 1.82) is 0 Å². The molecule has 4 rings (SSSR count). The molecule has 10 heteroatoms. The third kappa shape index (κ3) is 8.37. The first-order valence-electron chi connectivity index (χ1n) is 13.9. The highest BCUT2D eigenvalue weighted by Gasteiger charge is 2.54. The lowest BCUT2D eigenvalue weighted by Crippen LogP contribution is -2.43. The van der Waals surface area contributed by atoms with Crippen LogP contribution >= 0.6 is 7.82 Å². The number of phosphoric acid groups is 1. The fourth-order valence-corrected chi connectivity index (χ4v) is 13.3. The summed E-state index contributed by atoms with van der Waals surface area (Å²) in [6.45, 7) is 20.0. The normalized spacial score (nSPS) is 29.9. The van der Waals surface area contributed by atoms with Gasteiger partial charge in [-0.2, -0.15) is 0 Å². The molecule has 3 aliphatic rings. The summed E-state index contributed by atoms with van der Waals surface area (Å²) in [6.07, 6.45) is 7.08. The van der Waals surface area contributed by atoms with E-state index in [1.807, 2.05) is 39.3 Å². The van der Waals surface area contributed by atoms with E-state index in [2.05, 4.69) is 44.8 Å². The predicted molar refractivity (Wildman–Crippen MR) is 158 cm³/mol. The largest absolute Gasteiger partial charge is 0.757 e. The molecule has 37 heavy (non-hydrogen) atoms. The Morgan fingerprint density at radius 2 is 1.51 bits per heavy atom. The quantitative estimate of drug-likeness (QED) is 0.279. The van der Waals surface area contributed by atoms with Gasteiger partial charge >= 0.3 is 0 Å². The van der Waals surface area contributed by atoms with Gasteiger partial charge in [-0.25, -0.2) is 0 Å². The summed E-state index contributed by atoms with van der Waals surface area (Å²) in [5.41, 5.74) is 3.28. The number of fused-ring (bicyclic) bond motifs is 5. The average Bonchev–Trinajstić information content (AvgIpc) is 2.98. The summed E-state index contributed by atoms with van der Waals surface area (Å²) in [6, 6.07) is 6.88. The Balaban J connectivity index is 0.000000251. The van der Waals surface area contributed by atoms with Crippen molar-refractivity contribution < 1.29 is 27.4 Å². The first kappa shape index (κ1) is 31.3. The third-order valence-corrected chi connectivity index (χ3v) is 14.9. The second-order valence-electron chi connectivity index (χ2n) is 14.5. The molecule has 0 aromatic heterocycles. The Bertz CT molecular complexity index is 979. The van der Waals surface area contributed by atoms with Crippen LogP contribution in [0.1, 0.15) is 56.1 Å². The van der Waals surface area contributed by atoms with E-state index < -0.39 is 32.8 Å². The summed E-state index contributed by atoms with van der Waals surface area (Å²) in [4.78, 5) is 11.3. The van der Waals surface area contributed by atoms with Crippen LogP contribution in [0.5, 0.6) is 5.75 Å². The van der Waals surface area contributed by atoms with Crippen molar-refractivity contribution in [1.82, 2.24) is 0 Å². The highest BCUT2D eigenvalue weighted by Crippen LogP contribution is 2.61. The molecule has 6 nitrogen and oxygen atoms in total. The standard InChI is InChI=1S/C21H32O2Si.C6H19O4PSi2/c1-21-12-11-17-16-8-6-15(23-24(2,3)4)13-14(16)5-7-18(17)19(21)9-10-20(21)22;1-12(2,3)9-11(7,8)10-13(4,5)6/h6,8,13,17-20,22H,5,7,9-12H2,1-4H3;1-6H3,(H,7,8)/p-1/t17-,18-,19+,20+,21+;/m1./s1. The van der Waals surface area contributed by atoms with Crippen LogP contribution in [0.4, 0.5) is 0 Å². The Kier molecular flexibility index (Phi) is 9.26. The molecular formula is C27H50O6PSi3-. The van der Waals surface area contributed by atoms with Gasteiger partial charge in [0.1, 0.15) is 5.75 Å². The molecule has 2 saturated carbocycles. The number of hydrogen-bond donors (Lipinski definition) is 1. The van der Waals surface area contributed by atoms with E-state index in [0.29, 0.717) is 5.92 Å². The van der Waals surface area contributed by atoms with Crippen LogP contribution in [0.25, 0.3) is 0 Å². The van der Waals surface area contributed by atoms with E-state index >= 15 is 0 Å². The molecule has 212 valence electrons. The molecule has 0 radical (unpaired) electrons. The van der Waals surface area contributed by atoms with Crippen molar-refractivity contribution >= 4 is 32.8 Å². The second kappa shape index (κ2) is 11.0. The second-order valence-corrected chi connectivity index (χ2v) is 29.7. The van der Waals surface area contributed by atoms with Gasteiger partial charge in [-0.3, -0.25) is 4.57 Å². The van der Waals surface area contributed by atoms with Gasteiger partial charge in [0.25, 0.3) is 0 Å². The van der Waals surface area contributed by atoms with Crippen molar-refractivity contribution in [3.63, 3.8) is 0 Å². The molecule has 1 aromatic carbocycles. The van der Waals surface area contributed by atoms with Crippen molar-refractivity contribution in [2.75, 3.05) is 0 Å². The van der Waals surface area contributed by atoms with Crippen LogP contribution in [0.3, 0.4) is 0 Å². The summed E-state index contributed by atoms with van der Waals surface area (Å²) in [5.74, 6) is 3.27. The monoisotopic (exact) mass is 585 g/mol. The number of aliphatic hydroxyl groups excluding tert-OH is 1. The highest BCUT2D eigenvalue weighted by molar-refractivity contribution is 7.49. The Morgan fingerprint density at radius 1 is 0.919 bits per heavy atom. The zero-order valence-electron chi connectivity index (χ0n) is 24.7. The Hall–Kier alpha value is -0.259. The van der Waals surface area contributed by atoms with Gasteiger partial charge in [-0.05, 0) is 144 Å². The summed E-state index contributed by atoms with van der Waals surface area (Å²) in [7, 11) is -9.74. The molecule has 0 amide bonds. The van der Waals surface area contributed by atoms with Crippen LogP contribution in [0.15, 0.2) is 18.2 Å². The van der Waals surface area contributed by atoms with Crippen LogP contribution in [0, 0.1) is 17.3 Å². The number of benzene rings is 1. The molecule has 0 saturated heterocycles. The van der Waals surface area contributed by atoms with Crippen LogP contribution in [-0.4, -0.2) is 36.2 Å². The molecule has 0 bridgehead atoms. The van der Waals surface area contributed by atoms with E-state index in [4.69, 9.17) is 12.9 Å². The number of aliphatic hydroxyl groups is 1. The van der Waals surface area contributed by atoms with Gasteiger partial charge in [0, 0.05) is 0 Å². The first-order chi connectivity index (χ1) is 16.7. The topological polar surface area (TPSA) is 88.0 Å². The smallest absolute Gasteiger partial charge is 0.248 e. The zero-order chi connectivity index (χ0) is 28.0. The third-order valence-electron chi connectivity index (χ3n) is 7.84. The molecule has 1 N–H and O–H groups in total. The van der Waals surface area contributed by atoms with Gasteiger partial charge in [-0.1, -0.05) is 13.0 Å². The molecule has 0 spiro atoms. The van der Waals surface area contributed by atoms with E-state index in [1.54, 1.807) is 5.56 Å². The van der Waals surface area contributed by atoms with Crippen molar-refractivity contribution in [2.24, 2.45) is 17.3 Å². The SMILES string of the molecule is C[C@]12CC[C@@H]3c4ccc(O[Si](C)(C)C)cc4CC[C@H]3[C@@H]1CC[C@@H]2O.C[Si](C)(C)OP(=O)([O-])O[Si](C)(C)C. The molecule has 0 heterocycles. The van der Waals surface area contributed by atoms with Crippen molar-refractivity contribution in [3.05, 3.63) is 29.3 Å². The molecule has 3 aliphatic carbocycles. The minimum atomic E-state index is -4.06. The van der Waals surface area contributed by atoms with Gasteiger partial charge in [0.2, 0.25) is 16.1 Å². The molecule has 0 unspecified atom stereocenters. The van der Waals surface area contributed by atoms with E-state index in [1.165, 1.54) is 37.7 Å². The summed E-state index contributed by atoms with van der Waals surface area (Å²) >= 11 is 0. The molecule has 0 aliphatic heterocycles. The maximum Gasteiger partial charge on any atom is 0.248 e. The number of hydrogen-bond acceptors (Lipinski definition) is 6. The van der Waals surface area contributed by atoms with Gasteiger partial charge < -0.3 is 22.9 Å². The van der Waals surface area contributed by atoms with Gasteiger partial charge in [-0.15, -0.1) is 0 Å². The fraction of sp³-hybridized carbons (Fsp3) is 0.778. The minimum absolute atomic E-state index is 0.0719. The van der Waals surface area contributed by atoms with Crippen molar-refractivity contribution in [3.8, 4) is 5.75 Å². The predicted octanol–water partition coefficient (Wildman–Crippen LogP) is 7.28. The van der Waals surface area contributed by atoms with Gasteiger partial charge in [0.05, 0.1) is 6.10 Å². The van der Waals surface area contributed by atoms with Crippen LogP contribution in [0.2, 0.25) is 58.9 Å². The first-order valence-corrected chi connectivity index (χ1v) is 25.6. The maximum absolute atomic E-state index is 11.3. The maximum atomic E-state index is 11.3. The van der Waals surface area contributed by atoms with E-state index in [-0.39, 0.29) is 11.5 Å². The van der Waals surface area contributed by atoms with Gasteiger partial charge in [0.15, 0.2) is 16.6 Å². The number of rotatable bonds is 6. The average molecular weight is 586 g/mol. The van der Waals surface area contributed by atoms with E-state index in [0.717, 1.165) is 24.0 Å². The zero-order valence-corrected chi connectivity index (χ0v) is 28.6. The molecule has 5 atom stereocenters. The van der Waals surface area contributed by atoms with Crippen molar-refractivity contribution in [2.45, 2.75) is 116 Å². The van der Waals surface area contributed by atoms with E-state index in [9.17, 15) is 14.6 Å². The lowest BCUT2D eigenvalue weighted by atomic mass is 9.55.